The monoisotopic (exact) mass is 718 g/mol. The van der Waals surface area contributed by atoms with Crippen molar-refractivity contribution in [3.8, 4) is 22.9 Å². The molecule has 0 spiro atoms. The van der Waals surface area contributed by atoms with Crippen molar-refractivity contribution < 1.29 is 42.5 Å². The molecule has 0 unspecified atom stereocenters. The molecule has 1 aromatic heterocycles. The number of azo groups is 2. The number of rotatable bonds is 7. The number of para-hydroxylation sites is 1. The van der Waals surface area contributed by atoms with Crippen molar-refractivity contribution >= 4 is 44.9 Å². The first-order valence-corrected chi connectivity index (χ1v) is 13.9. The van der Waals surface area contributed by atoms with Crippen LogP contribution in [0.5, 0.6) is 17.2 Å². The summed E-state index contributed by atoms with van der Waals surface area (Å²) in [6.45, 7) is 1.67. The Hall–Kier alpha value is -6.74. The quantitative estimate of drug-likeness (QED) is 0.0542. The minimum atomic E-state index is -0.589. The molecule has 0 bridgehead atoms. The van der Waals surface area contributed by atoms with Crippen LogP contribution < -0.4 is 11.7 Å². The normalized spacial score (nSPS) is 10.7. The summed E-state index contributed by atoms with van der Waals surface area (Å²) < 4.78 is 1.33. The molecule has 17 nitrogen and oxygen atoms in total. The molecule has 0 radical (unpaired) electrons. The van der Waals surface area contributed by atoms with E-state index >= 15 is 0 Å². The number of aromatic amines is 1. The van der Waals surface area contributed by atoms with E-state index in [9.17, 15) is 35.2 Å². The van der Waals surface area contributed by atoms with E-state index in [1.165, 1.54) is 35.0 Å². The summed E-state index contributed by atoms with van der Waals surface area (Å²) in [4.78, 5) is 32.9. The van der Waals surface area contributed by atoms with Gasteiger partial charge in [-0.1, -0.05) is 48.5 Å². The Bertz CT molecular complexity index is 2290. The molecule has 0 amide bonds. The van der Waals surface area contributed by atoms with Crippen molar-refractivity contribution in [2.75, 3.05) is 0 Å². The molecule has 50 heavy (non-hydrogen) atoms. The Morgan fingerprint density at radius 2 is 1.28 bits per heavy atom. The van der Waals surface area contributed by atoms with Crippen LogP contribution in [0.2, 0.25) is 0 Å². The van der Waals surface area contributed by atoms with Gasteiger partial charge in [0.2, 0.25) is 0 Å². The Morgan fingerprint density at radius 3 is 1.96 bits per heavy atom. The summed E-state index contributed by atoms with van der Waals surface area (Å²) in [6.07, 6.45) is 0. The molecule has 6 rings (SSSR count). The number of H-pyrrole nitrogens is 1. The van der Waals surface area contributed by atoms with Crippen molar-refractivity contribution in [3.63, 3.8) is 0 Å². The zero-order valence-electron chi connectivity index (χ0n) is 26.0. The van der Waals surface area contributed by atoms with Gasteiger partial charge in [0.15, 0.2) is 11.4 Å². The van der Waals surface area contributed by atoms with Gasteiger partial charge in [0.25, 0.3) is 22.7 Å². The first-order valence-electron chi connectivity index (χ1n) is 13.9. The number of aryl methyl sites for hydroxylation is 1. The molecule has 0 saturated carbocycles. The van der Waals surface area contributed by atoms with Crippen molar-refractivity contribution in [3.05, 3.63) is 139 Å². The van der Waals surface area contributed by atoms with E-state index < -0.39 is 15.4 Å². The van der Waals surface area contributed by atoms with Gasteiger partial charge in [-0.25, -0.2) is 4.68 Å². The van der Waals surface area contributed by atoms with E-state index in [4.69, 9.17) is 5.11 Å². The zero-order valence-corrected chi connectivity index (χ0v) is 27.3. The van der Waals surface area contributed by atoms with Gasteiger partial charge in [-0.15, -0.1) is 20.5 Å². The maximum Gasteiger partial charge on any atom is 0.299 e. The Morgan fingerprint density at radius 1 is 0.720 bits per heavy atom. The number of phenolic OH excluding ortho intramolecular Hbond substituents is 2. The molecule has 1 heterocycles. The SMILES string of the molecule is Cc1[nH]n(-c2ccccc2)c(=O)c1N=Nc1cc([N+](=O)[O-])ccc1[OH2+].N.O=[N+]([O-])c1ccc(O)c(N=Nc2c(O)ccc3ccccc23)c1.[Cr]. The minimum absolute atomic E-state index is 0. The number of phenols is 2. The van der Waals surface area contributed by atoms with Crippen LogP contribution in [-0.4, -0.2) is 34.9 Å². The zero-order chi connectivity index (χ0) is 34.4. The van der Waals surface area contributed by atoms with Crippen LogP contribution in [0.3, 0.4) is 0 Å². The number of hydrogen-bond acceptors (Lipinski definition) is 12. The number of non-ortho nitro benzene ring substituents is 2. The second kappa shape index (κ2) is 16.4. The fourth-order valence-electron chi connectivity index (χ4n) is 4.39. The van der Waals surface area contributed by atoms with Gasteiger partial charge in [0.1, 0.15) is 22.9 Å². The van der Waals surface area contributed by atoms with Gasteiger partial charge in [0, 0.05) is 47.0 Å². The standard InChI is InChI=1S/C16H13N5O4.C16H11N3O4.Cr.H3N/c1-10-15(16(23)20(19-10)11-5-3-2-4-6-11)18-17-13-9-12(21(24)25)7-8-14(13)22;20-14-8-6-11(19(22)23)9-13(14)17-18-16-12-4-2-1-3-10(12)5-7-15(16)21;;/h2-9,19,22H,1H3;1-9,20-21H;;1H3/p+1. The van der Waals surface area contributed by atoms with Crippen LogP contribution in [0.1, 0.15) is 5.69 Å². The van der Waals surface area contributed by atoms with Crippen LogP contribution in [-0.2, 0) is 17.4 Å². The van der Waals surface area contributed by atoms with E-state index in [2.05, 4.69) is 25.6 Å². The molecule has 5 aromatic carbocycles. The number of nitrogens with zero attached hydrogens (tertiary/aromatic N) is 7. The van der Waals surface area contributed by atoms with Gasteiger partial charge in [0.05, 0.1) is 27.3 Å². The molecule has 6 aromatic rings. The second-order valence-corrected chi connectivity index (χ2v) is 10.0. The number of aromatic hydroxyl groups is 2. The van der Waals surface area contributed by atoms with E-state index in [1.807, 2.05) is 18.2 Å². The van der Waals surface area contributed by atoms with Gasteiger partial charge in [-0.2, -0.15) is 0 Å². The summed E-state index contributed by atoms with van der Waals surface area (Å²) in [5.74, 6) is -0.331. The van der Waals surface area contributed by atoms with Crippen molar-refractivity contribution in [1.29, 1.82) is 0 Å². The molecule has 0 saturated heterocycles. The van der Waals surface area contributed by atoms with Crippen LogP contribution >= 0.6 is 0 Å². The third-order valence-corrected chi connectivity index (χ3v) is 6.81. The van der Waals surface area contributed by atoms with Gasteiger partial charge in [-0.3, -0.25) is 30.1 Å². The molecule has 0 fully saturated rings. The smallest absolute Gasteiger partial charge is 0.299 e. The van der Waals surface area contributed by atoms with E-state index in [0.29, 0.717) is 16.8 Å². The summed E-state index contributed by atoms with van der Waals surface area (Å²) in [5.41, 5.74) is 0.611. The van der Waals surface area contributed by atoms with Crippen LogP contribution in [0.15, 0.2) is 128 Å². The van der Waals surface area contributed by atoms with Crippen LogP contribution in [0.25, 0.3) is 16.5 Å². The van der Waals surface area contributed by atoms with Crippen LogP contribution in [0.4, 0.5) is 34.1 Å². The van der Waals surface area contributed by atoms with Gasteiger partial charge in [-0.05, 0) is 36.6 Å². The summed E-state index contributed by atoms with van der Waals surface area (Å²) in [7, 11) is 0. The van der Waals surface area contributed by atoms with Gasteiger partial charge >= 0.3 is 0 Å². The number of nitrogens with one attached hydrogen (secondary N) is 1. The number of benzene rings is 5. The fourth-order valence-corrected chi connectivity index (χ4v) is 4.39. The average molecular weight is 719 g/mol. The van der Waals surface area contributed by atoms with Gasteiger partial charge < -0.3 is 21.5 Å². The first kappa shape index (κ1) is 37.7. The van der Waals surface area contributed by atoms with E-state index in [-0.39, 0.29) is 74.9 Å². The Balaban J connectivity index is 0.000000261. The number of nitro groups is 2. The third kappa shape index (κ3) is 8.39. The number of nitro benzene ring substituents is 2. The molecule has 0 aliphatic rings. The Labute approximate surface area is 292 Å². The summed E-state index contributed by atoms with van der Waals surface area (Å²) >= 11 is 0. The predicted octanol–water partition coefficient (Wildman–Crippen LogP) is 7.97. The number of fused-ring (bicyclic) bond motifs is 1. The molecule has 18 heteroatoms. The van der Waals surface area contributed by atoms with Crippen LogP contribution in [0, 0.1) is 27.2 Å². The molecule has 0 aliphatic heterocycles. The minimum Gasteiger partial charge on any atom is -0.592 e. The fraction of sp³-hybridized carbons (Fsp3) is 0.0312. The molecular weight excluding hydrogens is 690 g/mol. The largest absolute Gasteiger partial charge is 0.592 e. The average Bonchev–Trinajstić information content (AvgIpc) is 3.37. The summed E-state index contributed by atoms with van der Waals surface area (Å²) in [6, 6.07) is 26.6. The molecular formula is C32H28CrN9O8+. The molecule has 8 N–H and O–H groups in total. The molecule has 254 valence electrons. The molecule has 0 atom stereocenters. The van der Waals surface area contributed by atoms with Crippen molar-refractivity contribution in [2.24, 2.45) is 20.5 Å². The molecule has 0 aliphatic carbocycles. The first-order chi connectivity index (χ1) is 23.0. The van der Waals surface area contributed by atoms with E-state index in [1.54, 1.807) is 49.4 Å². The van der Waals surface area contributed by atoms with Crippen molar-refractivity contribution in [2.45, 2.75) is 6.92 Å². The number of hydrogen-bond donors (Lipinski definition) is 4. The predicted molar refractivity (Wildman–Crippen MR) is 181 cm³/mol. The maximum atomic E-state index is 12.5. The van der Waals surface area contributed by atoms with E-state index in [0.717, 1.165) is 17.5 Å². The number of aromatic nitrogens is 2. The summed E-state index contributed by atoms with van der Waals surface area (Å²) in [5, 5.41) is 69.1. The second-order valence-electron chi connectivity index (χ2n) is 10.0. The maximum absolute atomic E-state index is 12.5. The van der Waals surface area contributed by atoms with Crippen molar-refractivity contribution in [1.82, 2.24) is 15.9 Å². The third-order valence-electron chi connectivity index (χ3n) is 6.81. The topological polar surface area (TPSA) is 272 Å². The Kier molecular flexibility index (Phi) is 12.4.